The predicted molar refractivity (Wildman–Crippen MR) is 79.7 cm³/mol. The lowest BCUT2D eigenvalue weighted by Crippen LogP contribution is -2.30. The van der Waals surface area contributed by atoms with Crippen molar-refractivity contribution in [3.8, 4) is 10.8 Å². The molecule has 0 unspecified atom stereocenters. The van der Waals surface area contributed by atoms with E-state index in [-0.39, 0.29) is 0 Å². The van der Waals surface area contributed by atoms with E-state index in [1.807, 2.05) is 23.7 Å². The molecule has 1 aliphatic rings. The van der Waals surface area contributed by atoms with Gasteiger partial charge in [-0.1, -0.05) is 6.07 Å². The van der Waals surface area contributed by atoms with Gasteiger partial charge in [0, 0.05) is 25.8 Å². The minimum absolute atomic E-state index is 0.708. The molecule has 0 bridgehead atoms. The highest BCUT2D eigenvalue weighted by molar-refractivity contribution is 7.13. The molecule has 0 aliphatic carbocycles. The van der Waals surface area contributed by atoms with Crippen LogP contribution in [0.2, 0.25) is 0 Å². The zero-order valence-corrected chi connectivity index (χ0v) is 12.2. The minimum Gasteiger partial charge on any atom is -0.444 e. The fraction of sp³-hybridized carbons (Fsp3) is 0.267. The van der Waals surface area contributed by atoms with Gasteiger partial charge in [0.25, 0.3) is 0 Å². The summed E-state index contributed by atoms with van der Waals surface area (Å²) >= 11 is 1.64. The number of aromatic nitrogens is 3. The van der Waals surface area contributed by atoms with Gasteiger partial charge in [-0.15, -0.1) is 11.3 Å². The van der Waals surface area contributed by atoms with Gasteiger partial charge in [0.1, 0.15) is 12.6 Å². The molecule has 0 atom stereocenters. The van der Waals surface area contributed by atoms with Gasteiger partial charge in [-0.05, 0) is 23.4 Å². The fourth-order valence-corrected chi connectivity index (χ4v) is 3.22. The molecule has 0 amide bonds. The smallest absolute Gasteiger partial charge is 0.236 e. The summed E-state index contributed by atoms with van der Waals surface area (Å²) in [4.78, 5) is 16.4. The second-order valence-electron chi connectivity index (χ2n) is 5.08. The molecule has 5 nitrogen and oxygen atoms in total. The quantitative estimate of drug-likeness (QED) is 0.744. The lowest BCUT2D eigenvalue weighted by molar-refractivity contribution is 0.238. The molecular formula is C15H14N4OS. The molecule has 6 heteroatoms. The van der Waals surface area contributed by atoms with Crippen molar-refractivity contribution < 1.29 is 4.42 Å². The topological polar surface area (TPSA) is 55.1 Å². The van der Waals surface area contributed by atoms with Gasteiger partial charge >= 0.3 is 0 Å². The highest BCUT2D eigenvalue weighted by Gasteiger charge is 2.19. The molecule has 21 heavy (non-hydrogen) atoms. The van der Waals surface area contributed by atoms with Crippen LogP contribution in [0.3, 0.4) is 0 Å². The molecule has 0 aromatic carbocycles. The van der Waals surface area contributed by atoms with E-state index in [4.69, 9.17) is 4.42 Å². The second kappa shape index (κ2) is 5.38. The Morgan fingerprint density at radius 3 is 3.29 bits per heavy atom. The Hall–Kier alpha value is -2.05. The number of oxazole rings is 1. The van der Waals surface area contributed by atoms with Crippen molar-refractivity contribution in [3.05, 3.63) is 53.3 Å². The lowest BCUT2D eigenvalue weighted by Gasteiger charge is -2.26. The van der Waals surface area contributed by atoms with Gasteiger partial charge in [-0.3, -0.25) is 4.90 Å². The molecule has 4 rings (SSSR count). The number of thiophene rings is 1. The molecule has 0 spiro atoms. The molecule has 3 aromatic heterocycles. The van der Waals surface area contributed by atoms with E-state index in [0.717, 1.165) is 42.3 Å². The van der Waals surface area contributed by atoms with E-state index >= 15 is 0 Å². The maximum absolute atomic E-state index is 5.57. The normalized spacial score (nSPS) is 15.0. The summed E-state index contributed by atoms with van der Waals surface area (Å²) in [5, 5.41) is 2.03. The minimum atomic E-state index is 0.708. The summed E-state index contributed by atoms with van der Waals surface area (Å²) < 4.78 is 5.57. The Morgan fingerprint density at radius 1 is 1.38 bits per heavy atom. The Bertz CT molecular complexity index is 738. The molecule has 3 aromatic rings. The highest BCUT2D eigenvalue weighted by Crippen LogP contribution is 2.24. The van der Waals surface area contributed by atoms with Gasteiger partial charge in [-0.2, -0.15) is 0 Å². The number of hydrogen-bond donors (Lipinski definition) is 0. The Balaban J connectivity index is 1.48. The molecular weight excluding hydrogens is 284 g/mol. The van der Waals surface area contributed by atoms with E-state index in [2.05, 4.69) is 19.9 Å². The van der Waals surface area contributed by atoms with Crippen LogP contribution in [0.1, 0.15) is 17.0 Å². The van der Waals surface area contributed by atoms with Crippen LogP contribution >= 0.6 is 11.3 Å². The van der Waals surface area contributed by atoms with Gasteiger partial charge in [0.05, 0.1) is 16.3 Å². The first-order chi connectivity index (χ1) is 10.4. The molecule has 1 aliphatic heterocycles. The molecule has 0 saturated heterocycles. The van der Waals surface area contributed by atoms with Crippen LogP contribution in [0.15, 0.2) is 40.7 Å². The average Bonchev–Trinajstić information content (AvgIpc) is 3.18. The van der Waals surface area contributed by atoms with Gasteiger partial charge < -0.3 is 4.42 Å². The molecule has 4 heterocycles. The summed E-state index contributed by atoms with van der Waals surface area (Å²) in [6, 6.07) is 4.03. The van der Waals surface area contributed by atoms with Gasteiger partial charge in [0.2, 0.25) is 5.89 Å². The van der Waals surface area contributed by atoms with E-state index in [1.165, 1.54) is 5.56 Å². The molecule has 106 valence electrons. The first-order valence-electron chi connectivity index (χ1n) is 6.87. The molecule has 0 radical (unpaired) electrons. The average molecular weight is 298 g/mol. The van der Waals surface area contributed by atoms with Crippen LogP contribution < -0.4 is 0 Å². The van der Waals surface area contributed by atoms with E-state index < -0.39 is 0 Å². The second-order valence-corrected chi connectivity index (χ2v) is 6.02. The zero-order chi connectivity index (χ0) is 14.1. The maximum atomic E-state index is 5.57. The first kappa shape index (κ1) is 12.7. The SMILES string of the molecule is c1csc(-c2nc(CN3CCc4cncnc4C3)co2)c1. The van der Waals surface area contributed by atoms with Crippen molar-refractivity contribution in [1.82, 2.24) is 19.9 Å². The van der Waals surface area contributed by atoms with Crippen molar-refractivity contribution in [1.29, 1.82) is 0 Å². The van der Waals surface area contributed by atoms with E-state index in [1.54, 1.807) is 23.9 Å². The summed E-state index contributed by atoms with van der Waals surface area (Å²) in [5.74, 6) is 0.708. The van der Waals surface area contributed by atoms with Crippen LogP contribution in [0.4, 0.5) is 0 Å². The van der Waals surface area contributed by atoms with Crippen LogP contribution in [-0.2, 0) is 19.5 Å². The standard InChI is InChI=1S/C15H14N4OS/c1-2-14(21-5-1)15-18-12(9-20-15)7-19-4-3-11-6-16-10-17-13(11)8-19/h1-2,5-6,9-10H,3-4,7-8H2. The van der Waals surface area contributed by atoms with Crippen molar-refractivity contribution in [3.63, 3.8) is 0 Å². The summed E-state index contributed by atoms with van der Waals surface area (Å²) in [6.45, 7) is 2.64. The van der Waals surface area contributed by atoms with E-state index in [9.17, 15) is 0 Å². The Morgan fingerprint density at radius 2 is 2.38 bits per heavy atom. The lowest BCUT2D eigenvalue weighted by atomic mass is 10.1. The zero-order valence-electron chi connectivity index (χ0n) is 11.4. The third-order valence-electron chi connectivity index (χ3n) is 3.62. The third kappa shape index (κ3) is 2.59. The van der Waals surface area contributed by atoms with E-state index in [0.29, 0.717) is 5.89 Å². The third-order valence-corrected chi connectivity index (χ3v) is 4.48. The number of nitrogens with zero attached hydrogens (tertiary/aromatic N) is 4. The van der Waals surface area contributed by atoms with Crippen molar-refractivity contribution >= 4 is 11.3 Å². The largest absolute Gasteiger partial charge is 0.444 e. The monoisotopic (exact) mass is 298 g/mol. The number of rotatable bonds is 3. The van der Waals surface area contributed by atoms with Crippen LogP contribution in [0.25, 0.3) is 10.8 Å². The Kier molecular flexibility index (Phi) is 3.25. The van der Waals surface area contributed by atoms with Crippen molar-refractivity contribution in [2.24, 2.45) is 0 Å². The summed E-state index contributed by atoms with van der Waals surface area (Å²) in [6.07, 6.45) is 6.29. The first-order valence-corrected chi connectivity index (χ1v) is 7.75. The highest BCUT2D eigenvalue weighted by atomic mass is 32.1. The van der Waals surface area contributed by atoms with Gasteiger partial charge in [-0.25, -0.2) is 15.0 Å². The van der Waals surface area contributed by atoms with Crippen LogP contribution in [0, 0.1) is 0 Å². The van der Waals surface area contributed by atoms with Crippen molar-refractivity contribution in [2.45, 2.75) is 19.5 Å². The molecule has 0 saturated carbocycles. The summed E-state index contributed by atoms with van der Waals surface area (Å²) in [7, 11) is 0. The maximum Gasteiger partial charge on any atom is 0.236 e. The van der Waals surface area contributed by atoms with Crippen molar-refractivity contribution in [2.75, 3.05) is 6.54 Å². The fourth-order valence-electron chi connectivity index (χ4n) is 2.56. The van der Waals surface area contributed by atoms with Gasteiger partial charge in [0.15, 0.2) is 0 Å². The van der Waals surface area contributed by atoms with Crippen LogP contribution in [0.5, 0.6) is 0 Å². The summed E-state index contributed by atoms with van der Waals surface area (Å²) in [5.41, 5.74) is 3.35. The van der Waals surface area contributed by atoms with Crippen LogP contribution in [-0.4, -0.2) is 26.4 Å². The number of fused-ring (bicyclic) bond motifs is 1. The Labute approximate surface area is 126 Å². The predicted octanol–water partition coefficient (Wildman–Crippen LogP) is 2.75. The molecule has 0 N–H and O–H groups in total. The molecule has 0 fully saturated rings. The number of hydrogen-bond acceptors (Lipinski definition) is 6.